The maximum Gasteiger partial charge on any atom is 0.338 e. The van der Waals surface area contributed by atoms with E-state index in [0.29, 0.717) is 0 Å². The molecule has 1 atom stereocenters. The summed E-state index contributed by atoms with van der Waals surface area (Å²) in [6.45, 7) is 1.97. The molecule has 0 radical (unpaired) electrons. The fourth-order valence-corrected chi connectivity index (χ4v) is 3.85. The Morgan fingerprint density at radius 1 is 1.52 bits per heavy atom. The molecule has 0 bridgehead atoms. The van der Waals surface area contributed by atoms with E-state index in [4.69, 9.17) is 16.7 Å². The topological polar surface area (TPSA) is 83.5 Å². The molecule has 0 aliphatic carbocycles. The van der Waals surface area contributed by atoms with E-state index in [1.54, 1.807) is 11.8 Å². The van der Waals surface area contributed by atoms with E-state index in [-0.39, 0.29) is 17.5 Å². The minimum absolute atomic E-state index is 0.0518. The third kappa shape index (κ3) is 4.84. The molecule has 0 saturated heterocycles. The van der Waals surface area contributed by atoms with E-state index >= 15 is 0 Å². The second-order valence-corrected chi connectivity index (χ2v) is 7.57. The summed E-state index contributed by atoms with van der Waals surface area (Å²) < 4.78 is 40.4. The molecule has 2 N–H and O–H groups in total. The van der Waals surface area contributed by atoms with Crippen LogP contribution in [0.25, 0.3) is 0 Å². The third-order valence-corrected chi connectivity index (χ3v) is 5.14. The number of rotatable bonds is 7. The molecule has 1 aromatic carbocycles. The number of benzene rings is 1. The Morgan fingerprint density at radius 3 is 2.67 bits per heavy atom. The van der Waals surface area contributed by atoms with Gasteiger partial charge in [-0.15, -0.1) is 0 Å². The molecule has 0 fully saturated rings. The minimum atomic E-state index is -4.16. The number of carbonyl (C=O) groups is 1. The van der Waals surface area contributed by atoms with Crippen LogP contribution in [0.1, 0.15) is 17.3 Å². The van der Waals surface area contributed by atoms with Gasteiger partial charge in [0.1, 0.15) is 4.90 Å². The van der Waals surface area contributed by atoms with Gasteiger partial charge in [-0.2, -0.15) is 11.8 Å². The third-order valence-electron chi connectivity index (χ3n) is 2.60. The molecule has 0 amide bonds. The summed E-state index contributed by atoms with van der Waals surface area (Å²) in [6.07, 6.45) is 1.89. The summed E-state index contributed by atoms with van der Waals surface area (Å²) >= 11 is 7.22. The second-order valence-electron chi connectivity index (χ2n) is 4.48. The lowest BCUT2D eigenvalue weighted by atomic mass is 10.2. The number of hydrogen-bond acceptors (Lipinski definition) is 4. The Bertz CT molecular complexity index is 636. The number of thioether (sulfide) groups is 1. The number of nitrogens with one attached hydrogen (secondary N) is 1. The number of halogens is 2. The van der Waals surface area contributed by atoms with E-state index in [1.165, 1.54) is 0 Å². The standard InChI is InChI=1S/C12H15ClFNO4S2/c1-7(6-20-2)5-15-21(18,19)10-4-8(13)3-9(11(10)14)12(16)17/h3-4,7,15H,5-6H2,1-2H3,(H,16,17). The molecular weight excluding hydrogens is 341 g/mol. The van der Waals surface area contributed by atoms with Crippen molar-refractivity contribution in [3.8, 4) is 0 Å². The van der Waals surface area contributed by atoms with Crippen molar-refractivity contribution >= 4 is 39.4 Å². The van der Waals surface area contributed by atoms with Gasteiger partial charge in [0.15, 0.2) is 5.82 Å². The van der Waals surface area contributed by atoms with Gasteiger partial charge in [-0.05, 0) is 30.1 Å². The van der Waals surface area contributed by atoms with Crippen molar-refractivity contribution in [1.82, 2.24) is 4.72 Å². The highest BCUT2D eigenvalue weighted by molar-refractivity contribution is 7.98. The van der Waals surface area contributed by atoms with E-state index in [2.05, 4.69) is 4.72 Å². The van der Waals surface area contributed by atoms with Crippen molar-refractivity contribution < 1.29 is 22.7 Å². The van der Waals surface area contributed by atoms with Crippen LogP contribution in [0.5, 0.6) is 0 Å². The van der Waals surface area contributed by atoms with Crippen LogP contribution in [0.4, 0.5) is 4.39 Å². The summed E-state index contributed by atoms with van der Waals surface area (Å²) in [6, 6.07) is 1.76. The summed E-state index contributed by atoms with van der Waals surface area (Å²) in [4.78, 5) is 10.1. The maximum absolute atomic E-state index is 14.0. The summed E-state index contributed by atoms with van der Waals surface area (Å²) in [5, 5.41) is 8.69. The fraction of sp³-hybridized carbons (Fsp3) is 0.417. The van der Waals surface area contributed by atoms with Crippen LogP contribution < -0.4 is 4.72 Å². The van der Waals surface area contributed by atoms with Gasteiger partial charge in [-0.25, -0.2) is 22.3 Å². The molecule has 0 saturated carbocycles. The summed E-state index contributed by atoms with van der Waals surface area (Å²) in [5.41, 5.74) is -0.778. The molecule has 1 unspecified atom stereocenters. The molecule has 1 rings (SSSR count). The Balaban J connectivity index is 3.11. The number of hydrogen-bond donors (Lipinski definition) is 2. The first-order valence-electron chi connectivity index (χ1n) is 5.90. The van der Waals surface area contributed by atoms with Crippen LogP contribution in [-0.4, -0.2) is 38.0 Å². The van der Waals surface area contributed by atoms with Crippen LogP contribution in [0.2, 0.25) is 5.02 Å². The van der Waals surface area contributed by atoms with Crippen molar-refractivity contribution in [2.75, 3.05) is 18.6 Å². The van der Waals surface area contributed by atoms with Crippen molar-refractivity contribution in [3.63, 3.8) is 0 Å². The predicted molar refractivity (Wildman–Crippen MR) is 81.1 cm³/mol. The molecule has 21 heavy (non-hydrogen) atoms. The van der Waals surface area contributed by atoms with Gasteiger partial charge < -0.3 is 5.11 Å². The quantitative estimate of drug-likeness (QED) is 0.785. The summed E-state index contributed by atoms with van der Waals surface area (Å²) in [5.74, 6) is -2.11. The number of sulfonamides is 1. The highest BCUT2D eigenvalue weighted by Crippen LogP contribution is 2.24. The minimum Gasteiger partial charge on any atom is -0.478 e. The van der Waals surface area contributed by atoms with E-state index < -0.39 is 32.3 Å². The molecule has 0 spiro atoms. The van der Waals surface area contributed by atoms with Crippen LogP contribution in [0.15, 0.2) is 17.0 Å². The Kier molecular flexibility index (Phi) is 6.45. The van der Waals surface area contributed by atoms with Crippen LogP contribution in [0, 0.1) is 11.7 Å². The molecule has 5 nitrogen and oxygen atoms in total. The molecule has 118 valence electrons. The lowest BCUT2D eigenvalue weighted by molar-refractivity contribution is 0.0691. The van der Waals surface area contributed by atoms with E-state index in [9.17, 15) is 17.6 Å². The predicted octanol–water partition coefficient (Wildman–Crippen LogP) is 2.45. The van der Waals surface area contributed by atoms with Gasteiger partial charge in [0.25, 0.3) is 0 Å². The monoisotopic (exact) mass is 355 g/mol. The van der Waals surface area contributed by atoms with Crippen LogP contribution in [-0.2, 0) is 10.0 Å². The first-order chi connectivity index (χ1) is 9.69. The lowest BCUT2D eigenvalue weighted by Gasteiger charge is -2.13. The molecule has 9 heteroatoms. The molecule has 1 aromatic rings. The van der Waals surface area contributed by atoms with E-state index in [0.717, 1.165) is 17.9 Å². The molecular formula is C12H15ClFNO4S2. The molecule has 0 heterocycles. The highest BCUT2D eigenvalue weighted by atomic mass is 35.5. The lowest BCUT2D eigenvalue weighted by Crippen LogP contribution is -2.30. The van der Waals surface area contributed by atoms with Crippen LogP contribution in [0.3, 0.4) is 0 Å². The number of carboxylic acids is 1. The van der Waals surface area contributed by atoms with Crippen molar-refractivity contribution in [2.24, 2.45) is 5.92 Å². The van der Waals surface area contributed by atoms with Gasteiger partial charge in [0.2, 0.25) is 10.0 Å². The zero-order chi connectivity index (χ0) is 16.2. The first kappa shape index (κ1) is 18.2. The summed E-state index contributed by atoms with van der Waals surface area (Å²) in [7, 11) is -4.16. The molecule has 0 aliphatic heterocycles. The van der Waals surface area contributed by atoms with Gasteiger partial charge >= 0.3 is 5.97 Å². The zero-order valence-electron chi connectivity index (χ0n) is 11.4. The Labute approximate surface area is 131 Å². The van der Waals surface area contributed by atoms with Crippen LogP contribution >= 0.6 is 23.4 Å². The van der Waals surface area contributed by atoms with Gasteiger partial charge in [0.05, 0.1) is 5.56 Å². The Hall–Kier alpha value is -0.830. The SMILES string of the molecule is CSCC(C)CNS(=O)(=O)c1cc(Cl)cc(C(=O)O)c1F. The second kappa shape index (κ2) is 7.44. The zero-order valence-corrected chi connectivity index (χ0v) is 13.8. The van der Waals surface area contributed by atoms with E-state index in [1.807, 2.05) is 13.2 Å². The number of carboxylic acid groups (broad SMARTS) is 1. The maximum atomic E-state index is 14.0. The van der Waals surface area contributed by atoms with Crippen molar-refractivity contribution in [2.45, 2.75) is 11.8 Å². The average Bonchev–Trinajstić information content (AvgIpc) is 2.39. The van der Waals surface area contributed by atoms with Gasteiger partial charge in [0, 0.05) is 11.6 Å². The highest BCUT2D eigenvalue weighted by Gasteiger charge is 2.25. The normalized spacial score (nSPS) is 13.1. The average molecular weight is 356 g/mol. The van der Waals surface area contributed by atoms with Crippen molar-refractivity contribution in [1.29, 1.82) is 0 Å². The largest absolute Gasteiger partial charge is 0.478 e. The fourth-order valence-electron chi connectivity index (χ4n) is 1.59. The number of aromatic carboxylic acids is 1. The van der Waals surface area contributed by atoms with Gasteiger partial charge in [-0.1, -0.05) is 18.5 Å². The smallest absolute Gasteiger partial charge is 0.338 e. The molecule has 0 aliphatic rings. The van der Waals surface area contributed by atoms with Crippen molar-refractivity contribution in [3.05, 3.63) is 28.5 Å². The Morgan fingerprint density at radius 2 is 2.14 bits per heavy atom. The molecule has 0 aromatic heterocycles. The van der Waals surface area contributed by atoms with Gasteiger partial charge in [-0.3, -0.25) is 0 Å². The first-order valence-corrected chi connectivity index (χ1v) is 9.15.